The summed E-state index contributed by atoms with van der Waals surface area (Å²) in [5.41, 5.74) is 1.09. The van der Waals surface area contributed by atoms with Crippen molar-refractivity contribution in [1.82, 2.24) is 5.32 Å². The van der Waals surface area contributed by atoms with E-state index < -0.39 is 0 Å². The minimum absolute atomic E-state index is 0.0117. The summed E-state index contributed by atoms with van der Waals surface area (Å²) in [6, 6.07) is 17.7. The van der Waals surface area contributed by atoms with Gasteiger partial charge < -0.3 is 14.8 Å². The zero-order valence-electron chi connectivity index (χ0n) is 15.3. The van der Waals surface area contributed by atoms with Gasteiger partial charge >= 0.3 is 0 Å². The molecule has 1 fully saturated rings. The fourth-order valence-electron chi connectivity index (χ4n) is 3.24. The summed E-state index contributed by atoms with van der Waals surface area (Å²) < 4.78 is 11.6. The standard InChI is InChI=1S/C22H27NO3/c1-17-11-13-19(14-12-17)23-22(24)16-26-21-10-6-5-9-20(21)25-15-18-7-3-2-4-8-18/h2-10,17,19H,11-16H2,1H3,(H,23,24). The Morgan fingerprint density at radius 1 is 0.923 bits per heavy atom. The lowest BCUT2D eigenvalue weighted by Gasteiger charge is -2.26. The lowest BCUT2D eigenvalue weighted by Crippen LogP contribution is -2.39. The van der Waals surface area contributed by atoms with Gasteiger partial charge in [0.25, 0.3) is 5.91 Å². The molecule has 4 heteroatoms. The average molecular weight is 353 g/mol. The number of nitrogens with one attached hydrogen (secondary N) is 1. The molecule has 0 radical (unpaired) electrons. The van der Waals surface area contributed by atoms with Crippen LogP contribution in [-0.4, -0.2) is 18.6 Å². The molecule has 26 heavy (non-hydrogen) atoms. The van der Waals surface area contributed by atoms with Crippen molar-refractivity contribution >= 4 is 5.91 Å². The van der Waals surface area contributed by atoms with Crippen molar-refractivity contribution in [2.75, 3.05) is 6.61 Å². The van der Waals surface area contributed by atoms with E-state index in [9.17, 15) is 4.79 Å². The summed E-state index contributed by atoms with van der Waals surface area (Å²) in [6.07, 6.45) is 4.48. The van der Waals surface area contributed by atoms with E-state index in [1.807, 2.05) is 54.6 Å². The number of amides is 1. The zero-order valence-corrected chi connectivity index (χ0v) is 15.3. The predicted octanol–water partition coefficient (Wildman–Crippen LogP) is 4.34. The number of ether oxygens (including phenoxy) is 2. The molecule has 2 aromatic carbocycles. The van der Waals surface area contributed by atoms with Crippen LogP contribution >= 0.6 is 0 Å². The number of hydrogen-bond donors (Lipinski definition) is 1. The van der Waals surface area contributed by atoms with E-state index in [-0.39, 0.29) is 18.6 Å². The molecule has 0 bridgehead atoms. The van der Waals surface area contributed by atoms with Gasteiger partial charge in [-0.05, 0) is 49.3 Å². The van der Waals surface area contributed by atoms with Crippen molar-refractivity contribution in [3.8, 4) is 11.5 Å². The molecule has 138 valence electrons. The highest BCUT2D eigenvalue weighted by atomic mass is 16.5. The van der Waals surface area contributed by atoms with E-state index >= 15 is 0 Å². The topological polar surface area (TPSA) is 47.6 Å². The minimum Gasteiger partial charge on any atom is -0.485 e. The molecular weight excluding hydrogens is 326 g/mol. The number of rotatable bonds is 7. The molecule has 1 amide bonds. The van der Waals surface area contributed by atoms with Crippen LogP contribution in [0.15, 0.2) is 54.6 Å². The largest absolute Gasteiger partial charge is 0.485 e. The molecular formula is C22H27NO3. The van der Waals surface area contributed by atoms with Gasteiger partial charge in [-0.1, -0.05) is 49.4 Å². The van der Waals surface area contributed by atoms with Crippen LogP contribution in [0.4, 0.5) is 0 Å². The lowest BCUT2D eigenvalue weighted by atomic mass is 9.87. The highest BCUT2D eigenvalue weighted by Crippen LogP contribution is 2.27. The Morgan fingerprint density at radius 3 is 2.23 bits per heavy atom. The van der Waals surface area contributed by atoms with Crippen LogP contribution in [0, 0.1) is 5.92 Å². The Morgan fingerprint density at radius 2 is 1.54 bits per heavy atom. The molecule has 0 aromatic heterocycles. The number of carbonyl (C=O) groups excluding carboxylic acids is 1. The number of para-hydroxylation sites is 2. The van der Waals surface area contributed by atoms with Gasteiger partial charge in [-0.2, -0.15) is 0 Å². The van der Waals surface area contributed by atoms with Gasteiger partial charge in [0.2, 0.25) is 0 Å². The van der Waals surface area contributed by atoms with Crippen molar-refractivity contribution < 1.29 is 14.3 Å². The second-order valence-electron chi connectivity index (χ2n) is 7.03. The summed E-state index contributed by atoms with van der Waals surface area (Å²) in [7, 11) is 0. The Hall–Kier alpha value is -2.49. The summed E-state index contributed by atoms with van der Waals surface area (Å²) in [4.78, 5) is 12.2. The molecule has 4 nitrogen and oxygen atoms in total. The quantitative estimate of drug-likeness (QED) is 0.805. The van der Waals surface area contributed by atoms with Gasteiger partial charge in [0, 0.05) is 6.04 Å². The first-order valence-electron chi connectivity index (χ1n) is 9.38. The normalized spacial score (nSPS) is 19.6. The third-order valence-electron chi connectivity index (χ3n) is 4.83. The maximum absolute atomic E-state index is 12.2. The van der Waals surface area contributed by atoms with Gasteiger partial charge in [-0.3, -0.25) is 4.79 Å². The smallest absolute Gasteiger partial charge is 0.258 e. The molecule has 1 aliphatic rings. The van der Waals surface area contributed by atoms with Gasteiger partial charge in [0.15, 0.2) is 18.1 Å². The van der Waals surface area contributed by atoms with E-state index in [1.165, 1.54) is 12.8 Å². The van der Waals surface area contributed by atoms with Crippen molar-refractivity contribution in [3.63, 3.8) is 0 Å². The van der Waals surface area contributed by atoms with E-state index in [1.54, 1.807) is 0 Å². The van der Waals surface area contributed by atoms with Crippen molar-refractivity contribution in [2.24, 2.45) is 5.92 Å². The number of carbonyl (C=O) groups is 1. The minimum atomic E-state index is -0.0672. The van der Waals surface area contributed by atoms with Crippen LogP contribution in [0.3, 0.4) is 0 Å². The molecule has 0 aliphatic heterocycles. The van der Waals surface area contributed by atoms with Crippen molar-refractivity contribution in [2.45, 2.75) is 45.3 Å². The maximum atomic E-state index is 12.2. The Labute approximate surface area is 155 Å². The van der Waals surface area contributed by atoms with E-state index in [0.29, 0.717) is 18.1 Å². The highest BCUT2D eigenvalue weighted by molar-refractivity contribution is 5.77. The molecule has 0 spiro atoms. The molecule has 2 aromatic rings. The second kappa shape index (κ2) is 9.27. The molecule has 1 N–H and O–H groups in total. The number of benzene rings is 2. The Kier molecular flexibility index (Phi) is 6.53. The van der Waals surface area contributed by atoms with Gasteiger partial charge in [-0.25, -0.2) is 0 Å². The van der Waals surface area contributed by atoms with Gasteiger partial charge in [0.05, 0.1) is 0 Å². The fraction of sp³-hybridized carbons (Fsp3) is 0.409. The molecule has 0 heterocycles. The first-order chi connectivity index (χ1) is 12.7. The van der Waals surface area contributed by atoms with Crippen LogP contribution in [-0.2, 0) is 11.4 Å². The van der Waals surface area contributed by atoms with Crippen molar-refractivity contribution in [1.29, 1.82) is 0 Å². The first kappa shape index (κ1) is 18.3. The molecule has 1 aliphatic carbocycles. The third kappa shape index (κ3) is 5.51. The van der Waals surface area contributed by atoms with Crippen LogP contribution in [0.2, 0.25) is 0 Å². The SMILES string of the molecule is CC1CCC(NC(=O)COc2ccccc2OCc2ccccc2)CC1. The zero-order chi connectivity index (χ0) is 18.2. The summed E-state index contributed by atoms with van der Waals surface area (Å²) in [5.74, 6) is 1.95. The molecule has 0 unspecified atom stereocenters. The third-order valence-corrected chi connectivity index (χ3v) is 4.83. The summed E-state index contributed by atoms with van der Waals surface area (Å²) >= 11 is 0. The fourth-order valence-corrected chi connectivity index (χ4v) is 3.24. The average Bonchev–Trinajstić information content (AvgIpc) is 2.68. The predicted molar refractivity (Wildman–Crippen MR) is 102 cm³/mol. The summed E-state index contributed by atoms with van der Waals surface area (Å²) in [6.45, 7) is 2.75. The van der Waals surface area contributed by atoms with Gasteiger partial charge in [0.1, 0.15) is 6.61 Å². The van der Waals surface area contributed by atoms with Gasteiger partial charge in [-0.15, -0.1) is 0 Å². The molecule has 1 saturated carbocycles. The van der Waals surface area contributed by atoms with E-state index in [4.69, 9.17) is 9.47 Å². The second-order valence-corrected chi connectivity index (χ2v) is 7.03. The molecule has 3 rings (SSSR count). The van der Waals surface area contributed by atoms with Crippen LogP contribution in [0.5, 0.6) is 11.5 Å². The maximum Gasteiger partial charge on any atom is 0.258 e. The highest BCUT2D eigenvalue weighted by Gasteiger charge is 2.20. The first-order valence-corrected chi connectivity index (χ1v) is 9.38. The van der Waals surface area contributed by atoms with Crippen molar-refractivity contribution in [3.05, 3.63) is 60.2 Å². The van der Waals surface area contributed by atoms with E-state index in [0.717, 1.165) is 24.3 Å². The Balaban J connectivity index is 1.49. The lowest BCUT2D eigenvalue weighted by molar-refractivity contribution is -0.124. The summed E-state index contributed by atoms with van der Waals surface area (Å²) in [5, 5.41) is 3.08. The van der Waals surface area contributed by atoms with Crippen LogP contribution < -0.4 is 14.8 Å². The Bertz CT molecular complexity index is 694. The van der Waals surface area contributed by atoms with Crippen LogP contribution in [0.1, 0.15) is 38.2 Å². The molecule has 0 saturated heterocycles. The van der Waals surface area contributed by atoms with Crippen LogP contribution in [0.25, 0.3) is 0 Å². The van der Waals surface area contributed by atoms with E-state index in [2.05, 4.69) is 12.2 Å². The molecule has 0 atom stereocenters. The number of hydrogen-bond acceptors (Lipinski definition) is 3. The monoisotopic (exact) mass is 353 g/mol.